The van der Waals surface area contributed by atoms with Gasteiger partial charge in [-0.25, -0.2) is 4.39 Å². The molecule has 3 N–H and O–H groups in total. The molecule has 0 spiro atoms. The lowest BCUT2D eigenvalue weighted by atomic mass is 10.1. The van der Waals surface area contributed by atoms with Gasteiger partial charge in [0.25, 0.3) is 0 Å². The van der Waals surface area contributed by atoms with Gasteiger partial charge in [0.1, 0.15) is 11.9 Å². The highest BCUT2D eigenvalue weighted by molar-refractivity contribution is 9.10. The first kappa shape index (κ1) is 15.3. The summed E-state index contributed by atoms with van der Waals surface area (Å²) in [4.78, 5) is 0. The SMILES string of the molecule is N#Cc1nnc2cc(Br)ccc2c1Nc1ccc(CN)cc1F. The van der Waals surface area contributed by atoms with E-state index in [0.717, 1.165) is 4.47 Å². The average molecular weight is 372 g/mol. The first-order valence-corrected chi connectivity index (χ1v) is 7.53. The van der Waals surface area contributed by atoms with Crippen molar-refractivity contribution < 1.29 is 4.39 Å². The Morgan fingerprint density at radius 2 is 2.04 bits per heavy atom. The number of anilines is 2. The molecule has 3 rings (SSSR count). The summed E-state index contributed by atoms with van der Waals surface area (Å²) < 4.78 is 15.0. The van der Waals surface area contributed by atoms with Gasteiger partial charge in [-0.2, -0.15) is 5.26 Å². The third-order valence-corrected chi connectivity index (χ3v) is 3.85. The quantitative estimate of drug-likeness (QED) is 0.734. The highest BCUT2D eigenvalue weighted by atomic mass is 79.9. The number of nitrogens with zero attached hydrogens (tertiary/aromatic N) is 3. The van der Waals surface area contributed by atoms with Crippen LogP contribution >= 0.6 is 15.9 Å². The van der Waals surface area contributed by atoms with E-state index in [2.05, 4.69) is 31.4 Å². The van der Waals surface area contributed by atoms with Crippen molar-refractivity contribution >= 4 is 38.2 Å². The van der Waals surface area contributed by atoms with E-state index in [1.807, 2.05) is 12.1 Å². The summed E-state index contributed by atoms with van der Waals surface area (Å²) in [6, 6.07) is 12.1. The van der Waals surface area contributed by atoms with E-state index in [-0.39, 0.29) is 17.9 Å². The number of rotatable bonds is 3. The second-order valence-electron chi connectivity index (χ2n) is 4.84. The van der Waals surface area contributed by atoms with E-state index in [0.29, 0.717) is 22.2 Å². The number of nitriles is 1. The summed E-state index contributed by atoms with van der Waals surface area (Å²) in [5, 5.41) is 20.8. The zero-order valence-corrected chi connectivity index (χ0v) is 13.4. The van der Waals surface area contributed by atoms with E-state index < -0.39 is 5.82 Å². The zero-order valence-electron chi connectivity index (χ0n) is 11.8. The lowest BCUT2D eigenvalue weighted by Crippen LogP contribution is -2.03. The first-order valence-electron chi connectivity index (χ1n) is 6.74. The molecular formula is C16H11BrFN5. The number of hydrogen-bond donors (Lipinski definition) is 2. The summed E-state index contributed by atoms with van der Waals surface area (Å²) in [6.45, 7) is 0.258. The van der Waals surface area contributed by atoms with E-state index in [1.54, 1.807) is 24.3 Å². The Hall–Kier alpha value is -2.56. The summed E-state index contributed by atoms with van der Waals surface area (Å²) in [5.74, 6) is -0.445. The van der Waals surface area contributed by atoms with Crippen molar-refractivity contribution in [1.82, 2.24) is 10.2 Å². The van der Waals surface area contributed by atoms with Crippen LogP contribution in [0.2, 0.25) is 0 Å². The predicted molar refractivity (Wildman–Crippen MR) is 89.5 cm³/mol. The molecule has 2 aromatic carbocycles. The molecule has 0 radical (unpaired) electrons. The molecule has 0 saturated carbocycles. The number of benzene rings is 2. The van der Waals surface area contributed by atoms with Crippen LogP contribution < -0.4 is 11.1 Å². The molecule has 114 valence electrons. The molecule has 0 amide bonds. The van der Waals surface area contributed by atoms with Gasteiger partial charge < -0.3 is 11.1 Å². The lowest BCUT2D eigenvalue weighted by Gasteiger charge is -2.12. The normalized spacial score (nSPS) is 10.5. The zero-order chi connectivity index (χ0) is 16.4. The molecule has 0 atom stereocenters. The fourth-order valence-corrected chi connectivity index (χ4v) is 2.56. The van der Waals surface area contributed by atoms with Gasteiger partial charge >= 0.3 is 0 Å². The largest absolute Gasteiger partial charge is 0.350 e. The van der Waals surface area contributed by atoms with Crippen LogP contribution in [0, 0.1) is 17.1 Å². The van der Waals surface area contributed by atoms with Crippen molar-refractivity contribution in [3.8, 4) is 6.07 Å². The Morgan fingerprint density at radius 1 is 1.22 bits per heavy atom. The Morgan fingerprint density at radius 3 is 2.74 bits per heavy atom. The van der Waals surface area contributed by atoms with Gasteiger partial charge in [0.15, 0.2) is 5.69 Å². The maximum atomic E-state index is 14.2. The Bertz CT molecular complexity index is 936. The van der Waals surface area contributed by atoms with Crippen LogP contribution in [0.5, 0.6) is 0 Å². The van der Waals surface area contributed by atoms with E-state index in [9.17, 15) is 9.65 Å². The standard InChI is InChI=1S/C16H11BrFN5/c17-10-2-3-11-14(6-10)22-23-15(8-20)16(11)21-13-4-1-9(7-19)5-12(13)18/h1-6H,7,19H2,(H,21,22). The van der Waals surface area contributed by atoms with Crippen molar-refractivity contribution in [2.45, 2.75) is 6.54 Å². The molecule has 0 saturated heterocycles. The van der Waals surface area contributed by atoms with Crippen LogP contribution in [0.4, 0.5) is 15.8 Å². The highest BCUT2D eigenvalue weighted by Gasteiger charge is 2.13. The molecule has 0 unspecified atom stereocenters. The summed E-state index contributed by atoms with van der Waals surface area (Å²) in [5.41, 5.74) is 7.56. The van der Waals surface area contributed by atoms with Gasteiger partial charge in [0.05, 0.1) is 16.9 Å². The lowest BCUT2D eigenvalue weighted by molar-refractivity contribution is 0.629. The van der Waals surface area contributed by atoms with E-state index in [4.69, 9.17) is 5.73 Å². The first-order chi connectivity index (χ1) is 11.1. The molecule has 0 bridgehead atoms. The smallest absolute Gasteiger partial charge is 0.187 e. The van der Waals surface area contributed by atoms with Gasteiger partial charge in [0, 0.05) is 16.4 Å². The molecule has 0 fully saturated rings. The van der Waals surface area contributed by atoms with Crippen molar-refractivity contribution in [3.63, 3.8) is 0 Å². The van der Waals surface area contributed by atoms with E-state index >= 15 is 0 Å². The summed E-state index contributed by atoms with van der Waals surface area (Å²) >= 11 is 3.36. The van der Waals surface area contributed by atoms with Gasteiger partial charge in [0.2, 0.25) is 0 Å². The topological polar surface area (TPSA) is 87.6 Å². The van der Waals surface area contributed by atoms with Crippen LogP contribution in [0.25, 0.3) is 10.9 Å². The minimum atomic E-state index is -0.445. The molecular weight excluding hydrogens is 361 g/mol. The minimum Gasteiger partial charge on any atom is -0.350 e. The molecule has 5 nitrogen and oxygen atoms in total. The third kappa shape index (κ3) is 2.99. The second kappa shape index (κ2) is 6.28. The van der Waals surface area contributed by atoms with Crippen LogP contribution in [-0.4, -0.2) is 10.2 Å². The fourth-order valence-electron chi connectivity index (χ4n) is 2.21. The second-order valence-corrected chi connectivity index (χ2v) is 5.76. The molecule has 7 heteroatoms. The Labute approximate surface area is 140 Å². The fraction of sp³-hybridized carbons (Fsp3) is 0.0625. The average Bonchev–Trinajstić information content (AvgIpc) is 2.56. The van der Waals surface area contributed by atoms with Crippen LogP contribution in [0.15, 0.2) is 40.9 Å². The predicted octanol–water partition coefficient (Wildman–Crippen LogP) is 3.61. The number of hydrogen-bond acceptors (Lipinski definition) is 5. The van der Waals surface area contributed by atoms with Gasteiger partial charge in [-0.1, -0.05) is 22.0 Å². The molecule has 0 aliphatic rings. The van der Waals surface area contributed by atoms with Crippen molar-refractivity contribution in [2.75, 3.05) is 5.32 Å². The van der Waals surface area contributed by atoms with Crippen molar-refractivity contribution in [1.29, 1.82) is 5.26 Å². The van der Waals surface area contributed by atoms with Gasteiger partial charge in [-0.05, 0) is 35.9 Å². The number of nitrogens with one attached hydrogen (secondary N) is 1. The highest BCUT2D eigenvalue weighted by Crippen LogP contribution is 2.30. The van der Waals surface area contributed by atoms with Crippen LogP contribution in [0.1, 0.15) is 11.3 Å². The summed E-state index contributed by atoms with van der Waals surface area (Å²) in [6.07, 6.45) is 0. The Kier molecular flexibility index (Phi) is 4.19. The summed E-state index contributed by atoms with van der Waals surface area (Å²) in [7, 11) is 0. The van der Waals surface area contributed by atoms with Gasteiger partial charge in [-0.3, -0.25) is 0 Å². The van der Waals surface area contributed by atoms with Crippen LogP contribution in [-0.2, 0) is 6.54 Å². The third-order valence-electron chi connectivity index (χ3n) is 3.36. The van der Waals surface area contributed by atoms with Crippen molar-refractivity contribution in [3.05, 3.63) is 57.9 Å². The molecule has 0 aliphatic heterocycles. The van der Waals surface area contributed by atoms with Gasteiger partial charge in [-0.15, -0.1) is 10.2 Å². The molecule has 1 aromatic heterocycles. The number of aromatic nitrogens is 2. The minimum absolute atomic E-state index is 0.0992. The molecule has 23 heavy (non-hydrogen) atoms. The number of halogens is 2. The maximum Gasteiger partial charge on any atom is 0.187 e. The number of fused-ring (bicyclic) bond motifs is 1. The molecule has 0 aliphatic carbocycles. The Balaban J connectivity index is 2.14. The number of nitrogens with two attached hydrogens (primary N) is 1. The molecule has 1 heterocycles. The van der Waals surface area contributed by atoms with E-state index in [1.165, 1.54) is 6.07 Å². The van der Waals surface area contributed by atoms with Crippen molar-refractivity contribution in [2.24, 2.45) is 5.73 Å². The monoisotopic (exact) mass is 371 g/mol. The maximum absolute atomic E-state index is 14.2. The molecule has 3 aromatic rings. The van der Waals surface area contributed by atoms with Crippen LogP contribution in [0.3, 0.4) is 0 Å².